The minimum Gasteiger partial charge on any atom is -0.484 e. The van der Waals surface area contributed by atoms with Crippen molar-refractivity contribution in [1.29, 1.82) is 0 Å². The van der Waals surface area contributed by atoms with Gasteiger partial charge in [-0.2, -0.15) is 0 Å². The molecule has 1 rings (SSSR count). The van der Waals surface area contributed by atoms with Gasteiger partial charge in [0.2, 0.25) is 0 Å². The average Bonchev–Trinajstić information content (AvgIpc) is 2.21. The second kappa shape index (κ2) is 4.79. The van der Waals surface area contributed by atoms with Crippen LogP contribution in [0.1, 0.15) is 32.3 Å². The molecule has 1 aromatic rings. The first-order valence-corrected chi connectivity index (χ1v) is 5.72. The lowest BCUT2D eigenvalue weighted by molar-refractivity contribution is 0.155. The Morgan fingerprint density at radius 3 is 2.07 bits per heavy atom. The zero-order chi connectivity index (χ0) is 10.6. The van der Waals surface area contributed by atoms with Gasteiger partial charge >= 0.3 is 0 Å². The van der Waals surface area contributed by atoms with Crippen LogP contribution in [0.5, 0.6) is 5.75 Å². The molecule has 1 unspecified atom stereocenters. The van der Waals surface area contributed by atoms with E-state index in [0.717, 1.165) is 18.6 Å². The van der Waals surface area contributed by atoms with Gasteiger partial charge in [0.1, 0.15) is 11.1 Å². The Labute approximate surface area is 89.1 Å². The quantitative estimate of drug-likeness (QED) is 0.687. The Kier molecular flexibility index (Phi) is 3.95. The maximum absolute atomic E-state index is 5.92. The number of ether oxygens (including phenoxy) is 1. The van der Waals surface area contributed by atoms with E-state index < -0.39 is 0 Å². The molecular formula is C12H19OP. The van der Waals surface area contributed by atoms with Crippen LogP contribution in [0.15, 0.2) is 24.3 Å². The first kappa shape index (κ1) is 11.5. The summed E-state index contributed by atoms with van der Waals surface area (Å²) < 4.78 is 5.92. The number of benzene rings is 1. The molecule has 0 spiro atoms. The molecule has 78 valence electrons. The summed E-state index contributed by atoms with van der Waals surface area (Å²) in [7, 11) is 2.81. The van der Waals surface area contributed by atoms with Crippen LogP contribution in [-0.4, -0.2) is 5.34 Å². The maximum atomic E-state index is 5.92. The zero-order valence-electron chi connectivity index (χ0n) is 9.21. The summed E-state index contributed by atoms with van der Waals surface area (Å²) in [5, 5.41) is -0.102. The molecule has 2 heteroatoms. The molecule has 1 aromatic carbocycles. The molecular weight excluding hydrogens is 191 g/mol. The second-order valence-corrected chi connectivity index (χ2v) is 4.74. The van der Waals surface area contributed by atoms with Crippen LogP contribution in [0, 0.1) is 6.92 Å². The Morgan fingerprint density at radius 1 is 1.14 bits per heavy atom. The highest BCUT2D eigenvalue weighted by Crippen LogP contribution is 2.30. The Balaban J connectivity index is 2.72. The maximum Gasteiger partial charge on any atom is 0.121 e. The predicted molar refractivity (Wildman–Crippen MR) is 64.8 cm³/mol. The number of hydrogen-bond acceptors (Lipinski definition) is 1. The van der Waals surface area contributed by atoms with Gasteiger partial charge in [0, 0.05) is 0 Å². The Hall–Kier alpha value is -0.550. The summed E-state index contributed by atoms with van der Waals surface area (Å²) >= 11 is 0. The third-order valence-electron chi connectivity index (χ3n) is 2.54. The van der Waals surface area contributed by atoms with E-state index in [0.29, 0.717) is 0 Å². The smallest absolute Gasteiger partial charge is 0.121 e. The standard InChI is InChI=1S/C12H19OP/c1-4-12(14,5-2)13-11-8-6-10(3)7-9-11/h6-9H,4-5,14H2,1-3H3. The Bertz CT molecular complexity index is 275. The van der Waals surface area contributed by atoms with Gasteiger partial charge in [-0.1, -0.05) is 40.8 Å². The predicted octanol–water partition coefficient (Wildman–Crippen LogP) is 3.77. The first-order valence-electron chi connectivity index (χ1n) is 5.14. The van der Waals surface area contributed by atoms with E-state index in [1.165, 1.54) is 5.56 Å². The minimum absolute atomic E-state index is 0.102. The molecule has 0 aromatic heterocycles. The van der Waals surface area contributed by atoms with Crippen LogP contribution in [0.25, 0.3) is 0 Å². The molecule has 0 amide bonds. The van der Waals surface area contributed by atoms with Crippen LogP contribution in [0.2, 0.25) is 0 Å². The van der Waals surface area contributed by atoms with Crippen molar-refractivity contribution in [2.75, 3.05) is 0 Å². The lowest BCUT2D eigenvalue weighted by atomic mass is 10.2. The molecule has 0 heterocycles. The highest BCUT2D eigenvalue weighted by atomic mass is 31.0. The van der Waals surface area contributed by atoms with Crippen molar-refractivity contribution < 1.29 is 4.74 Å². The normalized spacial score (nSPS) is 11.4. The molecule has 0 radical (unpaired) electrons. The van der Waals surface area contributed by atoms with Crippen molar-refractivity contribution >= 4 is 9.24 Å². The fourth-order valence-electron chi connectivity index (χ4n) is 1.24. The van der Waals surface area contributed by atoms with Crippen LogP contribution in [-0.2, 0) is 0 Å². The minimum atomic E-state index is -0.102. The summed E-state index contributed by atoms with van der Waals surface area (Å²) in [5.74, 6) is 0.953. The lowest BCUT2D eigenvalue weighted by Crippen LogP contribution is -2.26. The molecule has 1 nitrogen and oxygen atoms in total. The summed E-state index contributed by atoms with van der Waals surface area (Å²) in [4.78, 5) is 0. The second-order valence-electron chi connectivity index (χ2n) is 3.69. The molecule has 0 aliphatic carbocycles. The number of aryl methyl sites for hydroxylation is 1. The molecule has 0 saturated carbocycles. The van der Waals surface area contributed by atoms with E-state index in [1.54, 1.807) is 0 Å². The number of hydrogen-bond donors (Lipinski definition) is 0. The summed E-state index contributed by atoms with van der Waals surface area (Å²) in [6.45, 7) is 6.37. The largest absolute Gasteiger partial charge is 0.484 e. The molecule has 0 N–H and O–H groups in total. The van der Waals surface area contributed by atoms with Gasteiger partial charge < -0.3 is 4.74 Å². The monoisotopic (exact) mass is 210 g/mol. The van der Waals surface area contributed by atoms with E-state index in [2.05, 4.69) is 42.1 Å². The third-order valence-corrected chi connectivity index (χ3v) is 3.47. The molecule has 0 fully saturated rings. The van der Waals surface area contributed by atoms with Crippen molar-refractivity contribution in [3.8, 4) is 5.75 Å². The molecule has 0 saturated heterocycles. The summed E-state index contributed by atoms with van der Waals surface area (Å²) in [6.07, 6.45) is 2.00. The van der Waals surface area contributed by atoms with Crippen molar-refractivity contribution in [3.63, 3.8) is 0 Å². The van der Waals surface area contributed by atoms with Crippen molar-refractivity contribution in [1.82, 2.24) is 0 Å². The van der Waals surface area contributed by atoms with Gasteiger partial charge in [-0.25, -0.2) is 0 Å². The van der Waals surface area contributed by atoms with Crippen LogP contribution < -0.4 is 4.74 Å². The van der Waals surface area contributed by atoms with Crippen LogP contribution in [0.3, 0.4) is 0 Å². The van der Waals surface area contributed by atoms with Gasteiger partial charge in [0.15, 0.2) is 0 Å². The molecule has 0 bridgehead atoms. The van der Waals surface area contributed by atoms with E-state index >= 15 is 0 Å². The van der Waals surface area contributed by atoms with E-state index in [9.17, 15) is 0 Å². The average molecular weight is 210 g/mol. The van der Waals surface area contributed by atoms with Gasteiger partial charge in [-0.3, -0.25) is 0 Å². The van der Waals surface area contributed by atoms with Gasteiger partial charge in [-0.05, 0) is 31.9 Å². The third kappa shape index (κ3) is 2.99. The molecule has 0 aliphatic heterocycles. The first-order chi connectivity index (χ1) is 6.59. The fraction of sp³-hybridized carbons (Fsp3) is 0.500. The van der Waals surface area contributed by atoms with Gasteiger partial charge in [0.05, 0.1) is 0 Å². The summed E-state index contributed by atoms with van der Waals surface area (Å²) in [5.41, 5.74) is 1.26. The topological polar surface area (TPSA) is 9.23 Å². The van der Waals surface area contributed by atoms with Crippen LogP contribution in [0.4, 0.5) is 0 Å². The lowest BCUT2D eigenvalue weighted by Gasteiger charge is -2.28. The molecule has 14 heavy (non-hydrogen) atoms. The van der Waals surface area contributed by atoms with Gasteiger partial charge in [0.25, 0.3) is 0 Å². The zero-order valence-corrected chi connectivity index (χ0v) is 10.4. The van der Waals surface area contributed by atoms with E-state index in [4.69, 9.17) is 4.74 Å². The SMILES string of the molecule is CCC(P)(CC)Oc1ccc(C)cc1. The van der Waals surface area contributed by atoms with Crippen molar-refractivity contribution in [3.05, 3.63) is 29.8 Å². The fourth-order valence-corrected chi connectivity index (χ4v) is 1.37. The highest BCUT2D eigenvalue weighted by Gasteiger charge is 2.21. The Morgan fingerprint density at radius 2 is 1.64 bits per heavy atom. The van der Waals surface area contributed by atoms with Crippen LogP contribution >= 0.6 is 9.24 Å². The van der Waals surface area contributed by atoms with Crippen molar-refractivity contribution in [2.45, 2.75) is 39.0 Å². The molecule has 1 atom stereocenters. The van der Waals surface area contributed by atoms with E-state index in [-0.39, 0.29) is 5.34 Å². The number of rotatable bonds is 4. The van der Waals surface area contributed by atoms with Crippen molar-refractivity contribution in [2.24, 2.45) is 0 Å². The highest BCUT2D eigenvalue weighted by molar-refractivity contribution is 7.18. The van der Waals surface area contributed by atoms with E-state index in [1.807, 2.05) is 12.1 Å². The summed E-state index contributed by atoms with van der Waals surface area (Å²) in [6, 6.07) is 8.20. The van der Waals surface area contributed by atoms with Gasteiger partial charge in [-0.15, -0.1) is 0 Å². The molecule has 0 aliphatic rings.